The molecule has 9 heteroatoms. The second kappa shape index (κ2) is 8.97. The van der Waals surface area contributed by atoms with E-state index in [-0.39, 0.29) is 22.2 Å². The smallest absolute Gasteiger partial charge is 0.310 e. The van der Waals surface area contributed by atoms with Gasteiger partial charge in [0, 0.05) is 20.6 Å². The van der Waals surface area contributed by atoms with E-state index in [4.69, 9.17) is 62.7 Å². The lowest BCUT2D eigenvalue weighted by Gasteiger charge is -2.11. The zero-order chi connectivity index (χ0) is 18.6. The molecule has 0 aliphatic rings. The Balaban J connectivity index is 1.93. The van der Waals surface area contributed by atoms with E-state index in [0.29, 0.717) is 20.6 Å². The van der Waals surface area contributed by atoms with Crippen LogP contribution in [0.3, 0.4) is 0 Å². The highest BCUT2D eigenvalue weighted by molar-refractivity contribution is 6.42. The molecule has 0 unspecified atom stereocenters. The van der Waals surface area contributed by atoms with E-state index in [1.54, 1.807) is 18.2 Å². The summed E-state index contributed by atoms with van der Waals surface area (Å²) in [5.41, 5.74) is 0.614. The summed E-state index contributed by atoms with van der Waals surface area (Å²) >= 11 is 29.7. The van der Waals surface area contributed by atoms with Gasteiger partial charge in [0.05, 0.1) is 22.2 Å². The van der Waals surface area contributed by atoms with E-state index in [1.807, 2.05) is 0 Å². The Hall–Kier alpha value is -1.17. The molecule has 132 valence electrons. The zero-order valence-corrected chi connectivity index (χ0v) is 16.2. The number of rotatable bonds is 5. The summed E-state index contributed by atoms with van der Waals surface area (Å²) in [6.45, 7) is -0.518. The van der Waals surface area contributed by atoms with Crippen molar-refractivity contribution < 1.29 is 14.3 Å². The highest BCUT2D eigenvalue weighted by Crippen LogP contribution is 2.33. The molecular weight excluding hydrogens is 431 g/mol. The van der Waals surface area contributed by atoms with Crippen molar-refractivity contribution >= 4 is 75.6 Å². The first kappa shape index (κ1) is 20.1. The Morgan fingerprint density at radius 2 is 1.48 bits per heavy atom. The van der Waals surface area contributed by atoms with Gasteiger partial charge in [-0.05, 0) is 24.3 Å². The van der Waals surface area contributed by atoms with Crippen LogP contribution in [0.15, 0.2) is 30.3 Å². The lowest BCUT2D eigenvalue weighted by molar-refractivity contribution is -0.146. The summed E-state index contributed by atoms with van der Waals surface area (Å²) in [6.07, 6.45) is -0.158. The van der Waals surface area contributed by atoms with Crippen molar-refractivity contribution in [3.63, 3.8) is 0 Å². The molecule has 25 heavy (non-hydrogen) atoms. The van der Waals surface area contributed by atoms with Crippen LogP contribution in [0.25, 0.3) is 0 Å². The summed E-state index contributed by atoms with van der Waals surface area (Å²) in [5, 5.41) is 3.80. The number of esters is 1. The topological polar surface area (TPSA) is 55.4 Å². The molecule has 0 aliphatic heterocycles. The van der Waals surface area contributed by atoms with Crippen molar-refractivity contribution in [3.05, 3.63) is 61.0 Å². The number of ether oxygens (including phenoxy) is 1. The number of carbonyl (C=O) groups excluding carboxylic acids is 2. The molecule has 2 rings (SSSR count). The van der Waals surface area contributed by atoms with Gasteiger partial charge in [-0.3, -0.25) is 9.59 Å². The van der Waals surface area contributed by atoms with Crippen LogP contribution in [-0.2, 0) is 20.7 Å². The fourth-order valence-corrected chi connectivity index (χ4v) is 3.32. The summed E-state index contributed by atoms with van der Waals surface area (Å²) in [4.78, 5) is 23.8. The third-order valence-electron chi connectivity index (χ3n) is 3.02. The lowest BCUT2D eigenvalue weighted by atomic mass is 10.1. The average Bonchev–Trinajstić information content (AvgIpc) is 2.52. The Bertz CT molecular complexity index is 782. The molecule has 0 aromatic heterocycles. The predicted octanol–water partition coefficient (Wildman–Crippen LogP) is 5.68. The number of carbonyl (C=O) groups is 2. The second-order valence-corrected chi connectivity index (χ2v) is 6.90. The molecule has 2 aromatic carbocycles. The van der Waals surface area contributed by atoms with E-state index < -0.39 is 18.5 Å². The molecule has 4 nitrogen and oxygen atoms in total. The van der Waals surface area contributed by atoms with Gasteiger partial charge < -0.3 is 10.1 Å². The molecule has 0 fully saturated rings. The first-order valence-electron chi connectivity index (χ1n) is 6.81. The summed E-state index contributed by atoms with van der Waals surface area (Å²) in [7, 11) is 0. The molecule has 2 aromatic rings. The molecule has 0 atom stereocenters. The predicted molar refractivity (Wildman–Crippen MR) is 101 cm³/mol. The van der Waals surface area contributed by atoms with Gasteiger partial charge in [-0.2, -0.15) is 0 Å². The number of benzene rings is 2. The maximum Gasteiger partial charge on any atom is 0.310 e. The minimum Gasteiger partial charge on any atom is -0.455 e. The first-order valence-corrected chi connectivity index (χ1v) is 8.70. The van der Waals surface area contributed by atoms with Gasteiger partial charge in [-0.15, -0.1) is 0 Å². The largest absolute Gasteiger partial charge is 0.455 e. The van der Waals surface area contributed by atoms with Crippen LogP contribution in [0.2, 0.25) is 25.1 Å². The standard InChI is InChI=1S/C16H10Cl5NO3/c17-8-4-12(20)16(13(21)5-8)22-14(23)7-25-15(24)6-9-10(18)2-1-3-11(9)19/h1-5H,6-7H2,(H,22,23). The molecular formula is C16H10Cl5NO3. The molecule has 0 saturated carbocycles. The van der Waals surface area contributed by atoms with E-state index >= 15 is 0 Å². The van der Waals surface area contributed by atoms with Crippen molar-refractivity contribution in [3.8, 4) is 0 Å². The highest BCUT2D eigenvalue weighted by Gasteiger charge is 2.15. The third-order valence-corrected chi connectivity index (χ3v) is 4.54. The molecule has 0 aliphatic carbocycles. The fraction of sp³-hybridized carbons (Fsp3) is 0.125. The van der Waals surface area contributed by atoms with Gasteiger partial charge in [-0.1, -0.05) is 64.1 Å². The molecule has 0 radical (unpaired) electrons. The quantitative estimate of drug-likeness (QED) is 0.608. The number of nitrogens with one attached hydrogen (secondary N) is 1. The van der Waals surface area contributed by atoms with Crippen molar-refractivity contribution in [2.75, 3.05) is 11.9 Å². The zero-order valence-electron chi connectivity index (χ0n) is 12.4. The normalized spacial score (nSPS) is 10.4. The van der Waals surface area contributed by atoms with Crippen LogP contribution < -0.4 is 5.32 Å². The van der Waals surface area contributed by atoms with Crippen LogP contribution in [0.5, 0.6) is 0 Å². The van der Waals surface area contributed by atoms with E-state index in [0.717, 1.165) is 0 Å². The van der Waals surface area contributed by atoms with Gasteiger partial charge >= 0.3 is 5.97 Å². The van der Waals surface area contributed by atoms with Crippen LogP contribution in [0, 0.1) is 0 Å². The van der Waals surface area contributed by atoms with E-state index in [2.05, 4.69) is 5.32 Å². The Kier molecular flexibility index (Phi) is 7.23. The highest BCUT2D eigenvalue weighted by atomic mass is 35.5. The maximum absolute atomic E-state index is 11.9. The van der Waals surface area contributed by atoms with Crippen LogP contribution in [-0.4, -0.2) is 18.5 Å². The van der Waals surface area contributed by atoms with Crippen molar-refractivity contribution in [2.24, 2.45) is 0 Å². The number of amides is 1. The van der Waals surface area contributed by atoms with Gasteiger partial charge in [0.2, 0.25) is 0 Å². The summed E-state index contributed by atoms with van der Waals surface area (Å²) in [5.74, 6) is -1.26. The molecule has 0 bridgehead atoms. The monoisotopic (exact) mass is 439 g/mol. The van der Waals surface area contributed by atoms with Gasteiger partial charge in [0.25, 0.3) is 5.91 Å². The van der Waals surface area contributed by atoms with E-state index in [9.17, 15) is 9.59 Å². The van der Waals surface area contributed by atoms with Crippen molar-refractivity contribution in [1.29, 1.82) is 0 Å². The summed E-state index contributed by atoms with van der Waals surface area (Å²) in [6, 6.07) is 7.72. The van der Waals surface area contributed by atoms with Gasteiger partial charge in [-0.25, -0.2) is 0 Å². The van der Waals surface area contributed by atoms with Gasteiger partial charge in [0.15, 0.2) is 6.61 Å². The number of halogens is 5. The SMILES string of the molecule is O=C(COC(=O)Cc1c(Cl)cccc1Cl)Nc1c(Cl)cc(Cl)cc1Cl. The third kappa shape index (κ3) is 5.66. The second-order valence-electron chi connectivity index (χ2n) is 4.83. The van der Waals surface area contributed by atoms with Crippen LogP contribution in [0.4, 0.5) is 5.69 Å². The first-order chi connectivity index (χ1) is 11.8. The number of hydrogen-bond donors (Lipinski definition) is 1. The Morgan fingerprint density at radius 1 is 0.920 bits per heavy atom. The fourth-order valence-electron chi connectivity index (χ4n) is 1.88. The maximum atomic E-state index is 11.9. The Morgan fingerprint density at radius 3 is 2.04 bits per heavy atom. The molecule has 0 heterocycles. The minimum absolute atomic E-state index is 0.158. The molecule has 0 saturated heterocycles. The van der Waals surface area contributed by atoms with Crippen molar-refractivity contribution in [1.82, 2.24) is 0 Å². The van der Waals surface area contributed by atoms with Crippen LogP contribution >= 0.6 is 58.0 Å². The van der Waals surface area contributed by atoms with Crippen LogP contribution in [0.1, 0.15) is 5.56 Å². The van der Waals surface area contributed by atoms with Crippen molar-refractivity contribution in [2.45, 2.75) is 6.42 Å². The summed E-state index contributed by atoms with van der Waals surface area (Å²) < 4.78 is 4.91. The molecule has 1 N–H and O–H groups in total. The van der Waals surface area contributed by atoms with E-state index in [1.165, 1.54) is 12.1 Å². The van der Waals surface area contributed by atoms with Gasteiger partial charge in [0.1, 0.15) is 0 Å². The average molecular weight is 442 g/mol. The lowest BCUT2D eigenvalue weighted by Crippen LogP contribution is -2.22. The number of hydrogen-bond acceptors (Lipinski definition) is 3. The number of anilines is 1. The molecule has 0 spiro atoms. The Labute approximate surface area is 168 Å². The minimum atomic E-state index is -0.654. The molecule has 1 amide bonds.